The number of nitrogens with one attached hydrogen (secondary N) is 1. The molecule has 0 unspecified atom stereocenters. The Labute approximate surface area is 126 Å². The third-order valence-electron chi connectivity index (χ3n) is 2.81. The van der Waals surface area contributed by atoms with Gasteiger partial charge in [0.2, 0.25) is 0 Å². The molecule has 0 saturated heterocycles. The summed E-state index contributed by atoms with van der Waals surface area (Å²) in [5.41, 5.74) is 3.86. The van der Waals surface area contributed by atoms with Crippen molar-refractivity contribution in [1.82, 2.24) is 15.0 Å². The van der Waals surface area contributed by atoms with Gasteiger partial charge in [-0.2, -0.15) is 4.79 Å². The van der Waals surface area contributed by atoms with Crippen molar-refractivity contribution in [3.05, 3.63) is 36.5 Å². The molecule has 0 aliphatic heterocycles. The highest BCUT2D eigenvalue weighted by molar-refractivity contribution is 5.89. The lowest BCUT2D eigenvalue weighted by Gasteiger charge is -2.19. The van der Waals surface area contributed by atoms with Crippen LogP contribution in [-0.2, 0) is 4.74 Å². The molecule has 0 saturated carbocycles. The van der Waals surface area contributed by atoms with Gasteiger partial charge >= 0.3 is 6.09 Å². The largest absolute Gasteiger partial charge is 0.443 e. The highest BCUT2D eigenvalue weighted by Crippen LogP contribution is 2.26. The first-order valence-corrected chi connectivity index (χ1v) is 6.83. The zero-order valence-electron chi connectivity index (χ0n) is 12.5. The van der Waals surface area contributed by atoms with Gasteiger partial charge in [-0.25, -0.2) is 10.2 Å². The van der Waals surface area contributed by atoms with E-state index in [4.69, 9.17) is 9.26 Å². The zero-order chi connectivity index (χ0) is 15.7. The molecule has 0 fully saturated rings. The number of carbonyl (C=O) groups is 1. The van der Waals surface area contributed by atoms with Crippen LogP contribution < -0.4 is 5.43 Å². The summed E-state index contributed by atoms with van der Waals surface area (Å²) in [7, 11) is 0. The van der Waals surface area contributed by atoms with Crippen molar-refractivity contribution in [2.24, 2.45) is 0 Å². The molecule has 0 radical (unpaired) electrons. The molecular formula is C15H16N4O3. The van der Waals surface area contributed by atoms with E-state index < -0.39 is 11.7 Å². The molecule has 2 aromatic heterocycles. The average molecular weight is 300 g/mol. The van der Waals surface area contributed by atoms with E-state index in [1.165, 1.54) is 4.79 Å². The minimum Gasteiger partial charge on any atom is -0.443 e. The Morgan fingerprint density at radius 1 is 1.27 bits per heavy atom. The molecule has 7 nitrogen and oxygen atoms in total. The fourth-order valence-corrected chi connectivity index (χ4v) is 1.98. The maximum absolute atomic E-state index is 11.7. The number of ether oxygens (including phenoxy) is 1. The van der Waals surface area contributed by atoms with Crippen molar-refractivity contribution in [1.29, 1.82) is 0 Å². The van der Waals surface area contributed by atoms with Gasteiger partial charge in [0.1, 0.15) is 11.3 Å². The smallest absolute Gasteiger partial charge is 0.428 e. The molecule has 0 spiro atoms. The maximum atomic E-state index is 11.7. The summed E-state index contributed by atoms with van der Waals surface area (Å²) in [5, 5.41) is 8.83. The third kappa shape index (κ3) is 2.93. The highest BCUT2D eigenvalue weighted by Gasteiger charge is 2.18. The minimum atomic E-state index is -0.591. The molecular weight excluding hydrogens is 284 g/mol. The van der Waals surface area contributed by atoms with Gasteiger partial charge in [0.15, 0.2) is 0 Å². The average Bonchev–Trinajstić information content (AvgIpc) is 2.96. The Hall–Kier alpha value is -2.83. The molecule has 114 valence electrons. The van der Waals surface area contributed by atoms with Crippen LogP contribution in [0.2, 0.25) is 0 Å². The van der Waals surface area contributed by atoms with Crippen LogP contribution in [0.1, 0.15) is 20.8 Å². The van der Waals surface area contributed by atoms with Gasteiger partial charge in [0.05, 0.1) is 11.6 Å². The van der Waals surface area contributed by atoms with E-state index in [1.807, 2.05) is 30.3 Å². The van der Waals surface area contributed by atoms with Crippen molar-refractivity contribution in [3.8, 4) is 11.3 Å². The number of amides is 1. The van der Waals surface area contributed by atoms with Crippen molar-refractivity contribution in [2.45, 2.75) is 26.4 Å². The zero-order valence-corrected chi connectivity index (χ0v) is 12.5. The monoisotopic (exact) mass is 300 g/mol. The molecule has 0 atom stereocenters. The second-order valence-electron chi connectivity index (χ2n) is 5.80. The van der Waals surface area contributed by atoms with E-state index in [-0.39, 0.29) is 0 Å². The first kappa shape index (κ1) is 14.1. The van der Waals surface area contributed by atoms with E-state index >= 15 is 0 Å². The van der Waals surface area contributed by atoms with Gasteiger partial charge in [-0.3, -0.25) is 0 Å². The van der Waals surface area contributed by atoms with Crippen LogP contribution >= 0.6 is 0 Å². The van der Waals surface area contributed by atoms with E-state index in [0.29, 0.717) is 16.8 Å². The van der Waals surface area contributed by atoms with Gasteiger partial charge in [-0.05, 0) is 20.8 Å². The van der Waals surface area contributed by atoms with E-state index in [9.17, 15) is 4.79 Å². The second-order valence-corrected chi connectivity index (χ2v) is 5.80. The molecule has 0 aliphatic rings. The quantitative estimate of drug-likeness (QED) is 0.786. The molecule has 1 aromatic carbocycles. The number of nitrogens with zero attached hydrogens (tertiary/aromatic N) is 3. The van der Waals surface area contributed by atoms with Crippen LogP contribution in [0.25, 0.3) is 22.4 Å². The Kier molecular flexibility index (Phi) is 3.32. The normalized spacial score (nSPS) is 11.6. The summed E-state index contributed by atoms with van der Waals surface area (Å²) < 4.78 is 10.4. The molecule has 2 heterocycles. The molecule has 22 heavy (non-hydrogen) atoms. The van der Waals surface area contributed by atoms with E-state index in [1.54, 1.807) is 27.0 Å². The van der Waals surface area contributed by atoms with Crippen molar-refractivity contribution in [3.63, 3.8) is 0 Å². The van der Waals surface area contributed by atoms with Crippen LogP contribution in [0.4, 0.5) is 4.79 Å². The van der Waals surface area contributed by atoms with E-state index in [0.717, 1.165) is 5.56 Å². The van der Waals surface area contributed by atoms with Gasteiger partial charge in [-0.15, -0.1) is 5.10 Å². The Morgan fingerprint density at radius 2 is 2.00 bits per heavy atom. The Bertz CT molecular complexity index is 799. The van der Waals surface area contributed by atoms with Crippen LogP contribution in [-0.4, -0.2) is 26.7 Å². The van der Waals surface area contributed by atoms with Gasteiger partial charge < -0.3 is 9.26 Å². The number of rotatable bonds is 2. The molecule has 0 aliphatic carbocycles. The number of hydrogen-bond donors (Lipinski definition) is 1. The molecule has 3 aromatic rings. The number of carbonyl (C=O) groups excluding carboxylic acids is 1. The lowest BCUT2D eigenvalue weighted by atomic mass is 10.1. The predicted octanol–water partition coefficient (Wildman–Crippen LogP) is 3.17. The number of fused-ring (bicyclic) bond motifs is 1. The fourth-order valence-electron chi connectivity index (χ4n) is 1.98. The summed E-state index contributed by atoms with van der Waals surface area (Å²) >= 11 is 0. The van der Waals surface area contributed by atoms with E-state index in [2.05, 4.69) is 15.7 Å². The van der Waals surface area contributed by atoms with Crippen molar-refractivity contribution >= 4 is 17.2 Å². The summed E-state index contributed by atoms with van der Waals surface area (Å²) in [6.45, 7) is 5.37. The molecule has 1 amide bonds. The molecule has 7 heteroatoms. The summed E-state index contributed by atoms with van der Waals surface area (Å²) in [6, 6.07) is 9.61. The van der Waals surface area contributed by atoms with Gasteiger partial charge in [0.25, 0.3) is 5.71 Å². The Morgan fingerprint density at radius 3 is 2.68 bits per heavy atom. The van der Waals surface area contributed by atoms with Crippen LogP contribution in [0, 0.1) is 0 Å². The molecule has 3 rings (SSSR count). The number of aromatic nitrogens is 3. The van der Waals surface area contributed by atoms with Crippen LogP contribution in [0.15, 0.2) is 41.1 Å². The first-order valence-electron chi connectivity index (χ1n) is 6.83. The van der Waals surface area contributed by atoms with Crippen molar-refractivity contribution in [2.75, 3.05) is 5.43 Å². The highest BCUT2D eigenvalue weighted by atomic mass is 16.6. The number of benzene rings is 1. The maximum Gasteiger partial charge on any atom is 0.428 e. The first-order chi connectivity index (χ1) is 10.4. The second kappa shape index (κ2) is 5.18. The van der Waals surface area contributed by atoms with Crippen LogP contribution in [0.5, 0.6) is 0 Å². The van der Waals surface area contributed by atoms with Gasteiger partial charge in [0, 0.05) is 5.56 Å². The summed E-state index contributed by atoms with van der Waals surface area (Å²) in [5.74, 6) is 0. The summed E-state index contributed by atoms with van der Waals surface area (Å²) in [4.78, 5) is 13.0. The third-order valence-corrected chi connectivity index (χ3v) is 2.81. The molecule has 1 N–H and O–H groups in total. The number of hydrogen-bond acceptors (Lipinski definition) is 5. The van der Waals surface area contributed by atoms with Gasteiger partial charge in [-0.1, -0.05) is 35.5 Å². The topological polar surface area (TPSA) is 82.2 Å². The summed E-state index contributed by atoms with van der Waals surface area (Å²) in [6.07, 6.45) is 1.05. The minimum absolute atomic E-state index is 0.343. The SMILES string of the molecule is CC(C)(C)OC(=O)Nn1cc2c(-c3ccccc3)noc2n1. The van der Waals surface area contributed by atoms with Crippen LogP contribution in [0.3, 0.4) is 0 Å². The standard InChI is InChI=1S/C15H16N4O3/c1-15(2,3)21-14(20)17-19-9-11-12(18-22-13(11)16-19)10-7-5-4-6-8-10/h4-9H,1-3H3,(H,17,20). The lowest BCUT2D eigenvalue weighted by molar-refractivity contribution is 0.0609. The lowest BCUT2D eigenvalue weighted by Crippen LogP contribution is -2.31. The predicted molar refractivity (Wildman–Crippen MR) is 80.8 cm³/mol. The fraction of sp³-hybridized carbons (Fsp3) is 0.267. The Balaban J connectivity index is 1.86. The molecule has 0 bridgehead atoms. The van der Waals surface area contributed by atoms with Crippen molar-refractivity contribution < 1.29 is 14.1 Å².